The molecule has 1 aromatic heterocycles. The zero-order valence-corrected chi connectivity index (χ0v) is 17.4. The molecule has 2 N–H and O–H groups in total. The summed E-state index contributed by atoms with van der Waals surface area (Å²) in [7, 11) is 0. The Morgan fingerprint density at radius 2 is 1.90 bits per heavy atom. The number of benzene rings is 1. The van der Waals surface area contributed by atoms with Crippen molar-refractivity contribution in [1.82, 2.24) is 25.4 Å². The zero-order valence-electron chi connectivity index (χ0n) is 17.4. The molecule has 1 fully saturated rings. The van der Waals surface area contributed by atoms with Crippen LogP contribution in [0.3, 0.4) is 0 Å². The lowest BCUT2D eigenvalue weighted by molar-refractivity contribution is -0.134. The Bertz CT molecular complexity index is 874. The molecule has 2 amide bonds. The van der Waals surface area contributed by atoms with Crippen molar-refractivity contribution >= 4 is 11.8 Å². The summed E-state index contributed by atoms with van der Waals surface area (Å²) < 4.78 is 0. The first-order valence-electron chi connectivity index (χ1n) is 9.93. The summed E-state index contributed by atoms with van der Waals surface area (Å²) in [6, 6.07) is 9.79. The Morgan fingerprint density at radius 3 is 2.45 bits per heavy atom. The maximum absolute atomic E-state index is 13.3. The molecule has 154 valence electrons. The van der Waals surface area contributed by atoms with Gasteiger partial charge in [0.15, 0.2) is 5.82 Å². The molecule has 1 aliphatic rings. The Hall–Kier alpha value is -2.96. The number of aromatic nitrogens is 3. The molecule has 3 rings (SSSR count). The quantitative estimate of drug-likeness (QED) is 0.761. The van der Waals surface area contributed by atoms with Crippen LogP contribution in [0.15, 0.2) is 43.0 Å². The summed E-state index contributed by atoms with van der Waals surface area (Å²) in [5, 5.41) is 10.2. The molecule has 0 bridgehead atoms. The second kappa shape index (κ2) is 8.19. The molecule has 1 saturated heterocycles. The van der Waals surface area contributed by atoms with Gasteiger partial charge in [-0.05, 0) is 24.5 Å². The fourth-order valence-electron chi connectivity index (χ4n) is 3.68. The van der Waals surface area contributed by atoms with Crippen LogP contribution in [0.1, 0.15) is 50.8 Å². The highest BCUT2D eigenvalue weighted by molar-refractivity contribution is 5.90. The van der Waals surface area contributed by atoms with E-state index in [1.807, 2.05) is 51.1 Å². The van der Waals surface area contributed by atoms with Crippen LogP contribution >= 0.6 is 0 Å². The normalized spacial score (nSPS) is 16.3. The van der Waals surface area contributed by atoms with E-state index in [-0.39, 0.29) is 23.8 Å². The van der Waals surface area contributed by atoms with Gasteiger partial charge in [-0.25, -0.2) is 4.98 Å². The standard InChI is InChI=1S/C22H29N5O2/c1-5-18(28)27-13-11-22(12-14-27,16-9-7-6-8-10-16)20(29)23-15-17-24-19(26-25-17)21(2,3)4/h5-10H,1,11-15H2,2-4H3,(H,23,29)(H,24,25,26). The van der Waals surface area contributed by atoms with Crippen LogP contribution in [0.5, 0.6) is 0 Å². The third-order valence-electron chi connectivity index (χ3n) is 5.48. The summed E-state index contributed by atoms with van der Waals surface area (Å²) in [6.07, 6.45) is 2.45. The van der Waals surface area contributed by atoms with E-state index < -0.39 is 5.41 Å². The third-order valence-corrected chi connectivity index (χ3v) is 5.48. The van der Waals surface area contributed by atoms with E-state index in [1.54, 1.807) is 4.90 Å². The minimum Gasteiger partial charge on any atom is -0.348 e. The fraction of sp³-hybridized carbons (Fsp3) is 0.455. The number of likely N-dealkylation sites (tertiary alicyclic amines) is 1. The van der Waals surface area contributed by atoms with Crippen LogP contribution < -0.4 is 5.32 Å². The first-order valence-corrected chi connectivity index (χ1v) is 9.93. The van der Waals surface area contributed by atoms with Gasteiger partial charge >= 0.3 is 0 Å². The third kappa shape index (κ3) is 4.39. The number of H-pyrrole nitrogens is 1. The summed E-state index contributed by atoms with van der Waals surface area (Å²) >= 11 is 0. The number of aromatic amines is 1. The molecular weight excluding hydrogens is 366 g/mol. The van der Waals surface area contributed by atoms with Crippen LogP contribution in [-0.2, 0) is 27.0 Å². The van der Waals surface area contributed by atoms with Crippen molar-refractivity contribution in [3.63, 3.8) is 0 Å². The summed E-state index contributed by atoms with van der Waals surface area (Å²) in [5.41, 5.74) is 0.136. The van der Waals surface area contributed by atoms with Gasteiger partial charge in [0.2, 0.25) is 11.8 Å². The number of piperidine rings is 1. The van der Waals surface area contributed by atoms with Crippen molar-refractivity contribution in [2.24, 2.45) is 0 Å². The van der Waals surface area contributed by atoms with Gasteiger partial charge in [0.05, 0.1) is 12.0 Å². The number of carbonyl (C=O) groups excluding carboxylic acids is 2. The predicted octanol–water partition coefficient (Wildman–Crippen LogP) is 2.46. The Balaban J connectivity index is 1.76. The molecule has 0 unspecified atom stereocenters. The Morgan fingerprint density at radius 1 is 1.24 bits per heavy atom. The molecule has 0 atom stereocenters. The minimum absolute atomic E-state index is 0.0527. The van der Waals surface area contributed by atoms with E-state index in [9.17, 15) is 9.59 Å². The number of nitrogens with one attached hydrogen (secondary N) is 2. The van der Waals surface area contributed by atoms with E-state index in [1.165, 1.54) is 6.08 Å². The first-order chi connectivity index (χ1) is 13.8. The largest absolute Gasteiger partial charge is 0.348 e. The Labute approximate surface area is 171 Å². The summed E-state index contributed by atoms with van der Waals surface area (Å²) in [6.45, 7) is 11.0. The number of carbonyl (C=O) groups is 2. The molecule has 7 nitrogen and oxygen atoms in total. The van der Waals surface area contributed by atoms with Crippen LogP contribution in [-0.4, -0.2) is 45.0 Å². The lowest BCUT2D eigenvalue weighted by atomic mass is 9.72. The van der Waals surface area contributed by atoms with Crippen molar-refractivity contribution in [2.75, 3.05) is 13.1 Å². The van der Waals surface area contributed by atoms with E-state index >= 15 is 0 Å². The van der Waals surface area contributed by atoms with E-state index in [4.69, 9.17) is 0 Å². The monoisotopic (exact) mass is 395 g/mol. The SMILES string of the molecule is C=CC(=O)N1CCC(C(=O)NCc2nc(C(C)(C)C)n[nH]2)(c2ccccc2)CC1. The molecular formula is C22H29N5O2. The lowest BCUT2D eigenvalue weighted by Crippen LogP contribution is -2.52. The van der Waals surface area contributed by atoms with E-state index in [0.717, 1.165) is 11.4 Å². The highest BCUT2D eigenvalue weighted by Crippen LogP contribution is 2.36. The minimum atomic E-state index is -0.675. The summed E-state index contributed by atoms with van der Waals surface area (Å²) in [5.74, 6) is 1.20. The average Bonchev–Trinajstić information content (AvgIpc) is 3.22. The molecule has 0 aliphatic carbocycles. The molecule has 0 saturated carbocycles. The molecule has 1 aliphatic heterocycles. The maximum Gasteiger partial charge on any atom is 0.245 e. The van der Waals surface area contributed by atoms with Gasteiger partial charge in [-0.15, -0.1) is 0 Å². The topological polar surface area (TPSA) is 91.0 Å². The van der Waals surface area contributed by atoms with Crippen molar-refractivity contribution in [1.29, 1.82) is 0 Å². The van der Waals surface area contributed by atoms with Crippen LogP contribution in [0.4, 0.5) is 0 Å². The van der Waals surface area contributed by atoms with Gasteiger partial charge in [-0.1, -0.05) is 57.7 Å². The molecule has 2 heterocycles. The lowest BCUT2D eigenvalue weighted by Gasteiger charge is -2.40. The molecule has 29 heavy (non-hydrogen) atoms. The van der Waals surface area contributed by atoms with Crippen molar-refractivity contribution in [3.05, 3.63) is 60.2 Å². The highest BCUT2D eigenvalue weighted by atomic mass is 16.2. The van der Waals surface area contributed by atoms with Gasteiger partial charge in [-0.3, -0.25) is 14.7 Å². The summed E-state index contributed by atoms with van der Waals surface area (Å²) in [4.78, 5) is 31.6. The van der Waals surface area contributed by atoms with Gasteiger partial charge < -0.3 is 10.2 Å². The van der Waals surface area contributed by atoms with E-state index in [0.29, 0.717) is 31.8 Å². The first kappa shape index (κ1) is 20.8. The number of hydrogen-bond donors (Lipinski definition) is 2. The van der Waals surface area contributed by atoms with Crippen LogP contribution in [0.25, 0.3) is 0 Å². The fourth-order valence-corrected chi connectivity index (χ4v) is 3.68. The zero-order chi connectivity index (χ0) is 21.1. The maximum atomic E-state index is 13.3. The molecule has 0 radical (unpaired) electrons. The average molecular weight is 396 g/mol. The van der Waals surface area contributed by atoms with Gasteiger partial charge in [0.25, 0.3) is 0 Å². The smallest absolute Gasteiger partial charge is 0.245 e. The second-order valence-corrected chi connectivity index (χ2v) is 8.52. The predicted molar refractivity (Wildman–Crippen MR) is 111 cm³/mol. The molecule has 1 aromatic carbocycles. The number of hydrogen-bond acceptors (Lipinski definition) is 4. The Kier molecular flexibility index (Phi) is 5.86. The van der Waals surface area contributed by atoms with Crippen molar-refractivity contribution in [3.8, 4) is 0 Å². The number of amides is 2. The van der Waals surface area contributed by atoms with Crippen LogP contribution in [0, 0.1) is 0 Å². The van der Waals surface area contributed by atoms with E-state index in [2.05, 4.69) is 27.1 Å². The second-order valence-electron chi connectivity index (χ2n) is 8.52. The van der Waals surface area contributed by atoms with Gasteiger partial charge in [0.1, 0.15) is 5.82 Å². The number of rotatable bonds is 5. The highest BCUT2D eigenvalue weighted by Gasteiger charge is 2.43. The van der Waals surface area contributed by atoms with Gasteiger partial charge in [0, 0.05) is 18.5 Å². The van der Waals surface area contributed by atoms with Crippen LogP contribution in [0.2, 0.25) is 0 Å². The van der Waals surface area contributed by atoms with Crippen molar-refractivity contribution in [2.45, 2.75) is 51.0 Å². The molecule has 0 spiro atoms. The molecule has 7 heteroatoms. The van der Waals surface area contributed by atoms with Crippen molar-refractivity contribution < 1.29 is 9.59 Å². The van der Waals surface area contributed by atoms with Gasteiger partial charge in [-0.2, -0.15) is 5.10 Å². The molecule has 2 aromatic rings. The number of nitrogens with zero attached hydrogens (tertiary/aromatic N) is 3.